The number of hydrogen-bond acceptors (Lipinski definition) is 6. The van der Waals surface area contributed by atoms with Gasteiger partial charge in [-0.1, -0.05) is 23.8 Å². The number of carbonyl (C=O) groups excluding carboxylic acids is 1. The number of carbonyl (C=O) groups is 1. The molecule has 7 nitrogen and oxygen atoms in total. The Hall–Kier alpha value is -4.39. The fourth-order valence-corrected chi connectivity index (χ4v) is 3.53. The van der Waals surface area contributed by atoms with Crippen LogP contribution in [0.1, 0.15) is 28.4 Å². The van der Waals surface area contributed by atoms with Gasteiger partial charge in [-0.15, -0.1) is 0 Å². The molecule has 4 rings (SSSR count). The molecule has 0 saturated carbocycles. The first kappa shape index (κ1) is 21.8. The number of phenols is 2. The highest BCUT2D eigenvalue weighted by Gasteiger charge is 2.15. The van der Waals surface area contributed by atoms with Crippen LogP contribution >= 0.6 is 0 Å². The second-order valence-corrected chi connectivity index (χ2v) is 7.65. The number of nitrogens with zero attached hydrogens (tertiary/aromatic N) is 2. The molecule has 3 N–H and O–H groups in total. The van der Waals surface area contributed by atoms with Crippen molar-refractivity contribution in [1.82, 2.24) is 10.4 Å². The van der Waals surface area contributed by atoms with Gasteiger partial charge >= 0.3 is 0 Å². The highest BCUT2D eigenvalue weighted by Crippen LogP contribution is 2.28. The first-order valence-electron chi connectivity index (χ1n) is 10.3. The number of methoxy groups -OCH3 is 1. The lowest BCUT2D eigenvalue weighted by Crippen LogP contribution is -2.20. The number of amides is 1. The number of hydrazone groups is 1. The Labute approximate surface area is 191 Å². The lowest BCUT2D eigenvalue weighted by molar-refractivity contribution is 0.0956. The van der Waals surface area contributed by atoms with E-state index < -0.39 is 5.91 Å². The lowest BCUT2D eigenvalue weighted by Gasteiger charge is -2.11. The Balaban J connectivity index is 1.75. The molecule has 7 heteroatoms. The summed E-state index contributed by atoms with van der Waals surface area (Å²) in [4.78, 5) is 17.9. The molecule has 0 aliphatic heterocycles. The Kier molecular flexibility index (Phi) is 5.95. The maximum absolute atomic E-state index is 13.2. The van der Waals surface area contributed by atoms with Gasteiger partial charge in [-0.05, 0) is 62.4 Å². The zero-order valence-electron chi connectivity index (χ0n) is 18.5. The van der Waals surface area contributed by atoms with Crippen molar-refractivity contribution in [2.75, 3.05) is 7.11 Å². The predicted octanol–water partition coefficient (Wildman–Crippen LogP) is 4.78. The van der Waals surface area contributed by atoms with Gasteiger partial charge in [-0.2, -0.15) is 5.10 Å². The summed E-state index contributed by atoms with van der Waals surface area (Å²) in [5.41, 5.74) is 6.76. The summed E-state index contributed by atoms with van der Waals surface area (Å²) in [6.45, 7) is 3.58. The third-order valence-electron chi connectivity index (χ3n) is 5.27. The molecule has 3 aromatic carbocycles. The number of nitrogens with one attached hydrogen (secondary N) is 1. The van der Waals surface area contributed by atoms with E-state index in [-0.39, 0.29) is 11.5 Å². The van der Waals surface area contributed by atoms with Crippen molar-refractivity contribution in [1.29, 1.82) is 0 Å². The van der Waals surface area contributed by atoms with Gasteiger partial charge in [0, 0.05) is 16.5 Å². The molecule has 0 fully saturated rings. The quantitative estimate of drug-likeness (QED) is 0.235. The van der Waals surface area contributed by atoms with Gasteiger partial charge in [0.25, 0.3) is 5.91 Å². The van der Waals surface area contributed by atoms with Gasteiger partial charge in [-0.25, -0.2) is 10.4 Å². The number of phenolic OH excluding ortho intramolecular Hbond substituents is 2. The highest BCUT2D eigenvalue weighted by atomic mass is 16.5. The van der Waals surface area contributed by atoms with Crippen LogP contribution in [0.5, 0.6) is 17.2 Å². The van der Waals surface area contributed by atoms with E-state index in [1.54, 1.807) is 20.1 Å². The van der Waals surface area contributed by atoms with Crippen molar-refractivity contribution in [2.24, 2.45) is 5.10 Å². The van der Waals surface area contributed by atoms with E-state index in [0.29, 0.717) is 39.2 Å². The van der Waals surface area contributed by atoms with E-state index >= 15 is 0 Å². The average molecular weight is 441 g/mol. The van der Waals surface area contributed by atoms with Gasteiger partial charge in [0.05, 0.1) is 29.6 Å². The number of aryl methyl sites for hydroxylation is 1. The van der Waals surface area contributed by atoms with Gasteiger partial charge in [0.1, 0.15) is 17.2 Å². The summed E-state index contributed by atoms with van der Waals surface area (Å²) in [5, 5.41) is 24.6. The molecule has 1 amide bonds. The Morgan fingerprint density at radius 2 is 1.82 bits per heavy atom. The first-order chi connectivity index (χ1) is 15.9. The largest absolute Gasteiger partial charge is 0.508 e. The Morgan fingerprint density at radius 3 is 2.61 bits per heavy atom. The molecule has 0 bridgehead atoms. The highest BCUT2D eigenvalue weighted by molar-refractivity contribution is 6.08. The van der Waals surface area contributed by atoms with Gasteiger partial charge in [0.2, 0.25) is 0 Å². The van der Waals surface area contributed by atoms with Crippen LogP contribution in [0, 0.1) is 6.92 Å². The number of ether oxygens (including phenoxy) is 1. The van der Waals surface area contributed by atoms with E-state index in [4.69, 9.17) is 9.72 Å². The van der Waals surface area contributed by atoms with Crippen LogP contribution in [-0.4, -0.2) is 33.9 Å². The molecule has 166 valence electrons. The Bertz CT molecular complexity index is 1400. The van der Waals surface area contributed by atoms with Gasteiger partial charge in [0.15, 0.2) is 0 Å². The molecule has 0 saturated heterocycles. The molecule has 0 atom stereocenters. The summed E-state index contributed by atoms with van der Waals surface area (Å²) >= 11 is 0. The van der Waals surface area contributed by atoms with Crippen LogP contribution in [0.25, 0.3) is 22.2 Å². The minimum absolute atomic E-state index is 0.0118. The molecule has 0 aliphatic carbocycles. The van der Waals surface area contributed by atoms with Gasteiger partial charge < -0.3 is 14.9 Å². The summed E-state index contributed by atoms with van der Waals surface area (Å²) in [7, 11) is 1.60. The van der Waals surface area contributed by atoms with Crippen LogP contribution in [-0.2, 0) is 0 Å². The summed E-state index contributed by atoms with van der Waals surface area (Å²) in [6.07, 6.45) is 0. The van der Waals surface area contributed by atoms with Crippen LogP contribution in [0.3, 0.4) is 0 Å². The van der Waals surface area contributed by atoms with Gasteiger partial charge in [-0.3, -0.25) is 4.79 Å². The molecule has 4 aromatic rings. The topological polar surface area (TPSA) is 104 Å². The van der Waals surface area contributed by atoms with Crippen LogP contribution in [0.15, 0.2) is 71.8 Å². The van der Waals surface area contributed by atoms with E-state index in [1.807, 2.05) is 49.4 Å². The normalized spacial score (nSPS) is 11.4. The minimum atomic E-state index is -0.420. The average Bonchev–Trinajstić information content (AvgIpc) is 2.83. The number of benzene rings is 3. The zero-order chi connectivity index (χ0) is 23.5. The molecule has 0 spiro atoms. The van der Waals surface area contributed by atoms with E-state index in [1.165, 1.54) is 18.2 Å². The third kappa shape index (κ3) is 4.62. The molecule has 0 aliphatic rings. The molecular weight excluding hydrogens is 418 g/mol. The van der Waals surface area contributed by atoms with E-state index in [0.717, 1.165) is 11.1 Å². The summed E-state index contributed by atoms with van der Waals surface area (Å²) in [6, 6.07) is 19.0. The predicted molar refractivity (Wildman–Crippen MR) is 128 cm³/mol. The van der Waals surface area contributed by atoms with Crippen molar-refractivity contribution in [3.63, 3.8) is 0 Å². The fourth-order valence-electron chi connectivity index (χ4n) is 3.53. The SMILES string of the molecule is COc1cccc(-c2cc(C(=O)N/N=C(/C)c3cc(O)ccc3O)c3cc(C)ccc3n2)c1. The second kappa shape index (κ2) is 9.00. The Morgan fingerprint density at radius 1 is 1.00 bits per heavy atom. The molecule has 0 radical (unpaired) electrons. The summed E-state index contributed by atoms with van der Waals surface area (Å²) < 4.78 is 5.32. The second-order valence-electron chi connectivity index (χ2n) is 7.65. The minimum Gasteiger partial charge on any atom is -0.508 e. The fraction of sp³-hybridized carbons (Fsp3) is 0.115. The molecule has 1 heterocycles. The van der Waals surface area contributed by atoms with E-state index in [9.17, 15) is 15.0 Å². The van der Waals surface area contributed by atoms with Crippen molar-refractivity contribution in [2.45, 2.75) is 13.8 Å². The van der Waals surface area contributed by atoms with Crippen LogP contribution in [0.4, 0.5) is 0 Å². The van der Waals surface area contributed by atoms with Crippen molar-refractivity contribution in [3.8, 4) is 28.5 Å². The molecule has 0 unspecified atom stereocenters. The maximum Gasteiger partial charge on any atom is 0.272 e. The number of pyridine rings is 1. The molecule has 1 aromatic heterocycles. The zero-order valence-corrected chi connectivity index (χ0v) is 18.5. The number of fused-ring (bicyclic) bond motifs is 1. The third-order valence-corrected chi connectivity index (χ3v) is 5.27. The van der Waals surface area contributed by atoms with Crippen LogP contribution < -0.4 is 10.2 Å². The monoisotopic (exact) mass is 441 g/mol. The lowest BCUT2D eigenvalue weighted by atomic mass is 10.0. The number of hydrogen-bond donors (Lipinski definition) is 3. The molecule has 33 heavy (non-hydrogen) atoms. The summed E-state index contributed by atoms with van der Waals surface area (Å²) in [5.74, 6) is 0.211. The van der Waals surface area contributed by atoms with Crippen molar-refractivity contribution < 1.29 is 19.7 Å². The number of rotatable bonds is 5. The smallest absolute Gasteiger partial charge is 0.272 e. The number of aromatic nitrogens is 1. The van der Waals surface area contributed by atoms with Crippen LogP contribution in [0.2, 0.25) is 0 Å². The standard InChI is InChI=1S/C26H23N3O4/c1-15-7-9-23-21(11-15)22(14-24(27-23)17-5-4-6-19(12-17)33-3)26(32)29-28-16(2)20-13-18(30)8-10-25(20)31/h4-14,30-31H,1-3H3,(H,29,32)/b28-16-. The van der Waals surface area contributed by atoms with E-state index in [2.05, 4.69) is 10.5 Å². The maximum atomic E-state index is 13.2. The number of aromatic hydroxyl groups is 2. The van der Waals surface area contributed by atoms with Crippen molar-refractivity contribution in [3.05, 3.63) is 83.4 Å². The molecular formula is C26H23N3O4. The first-order valence-corrected chi connectivity index (χ1v) is 10.3. The van der Waals surface area contributed by atoms with Crippen molar-refractivity contribution >= 4 is 22.5 Å².